The minimum absolute atomic E-state index is 0.0893. The first kappa shape index (κ1) is 22.2. The quantitative estimate of drug-likeness (QED) is 0.591. The summed E-state index contributed by atoms with van der Waals surface area (Å²) in [4.78, 5) is 26.7. The van der Waals surface area contributed by atoms with Crippen molar-refractivity contribution in [1.29, 1.82) is 0 Å². The average molecular weight is 476 g/mol. The number of carbonyl (C=O) groups is 2. The maximum atomic E-state index is 13.3. The maximum Gasteiger partial charge on any atom is 0.264 e. The zero-order valence-corrected chi connectivity index (χ0v) is 19.4. The zero-order chi connectivity index (χ0) is 23.7. The van der Waals surface area contributed by atoms with Crippen LogP contribution in [0.2, 0.25) is 0 Å². The third-order valence-corrected chi connectivity index (χ3v) is 8.09. The second-order valence-corrected chi connectivity index (χ2v) is 10.3. The Morgan fingerprint density at radius 2 is 1.74 bits per heavy atom. The van der Waals surface area contributed by atoms with E-state index >= 15 is 0 Å². The van der Waals surface area contributed by atoms with E-state index < -0.39 is 10.0 Å². The molecule has 1 fully saturated rings. The molecule has 0 unspecified atom stereocenters. The number of amides is 2. The number of hydrogen-bond donors (Lipinski definition) is 1. The number of rotatable bonds is 6. The summed E-state index contributed by atoms with van der Waals surface area (Å²) < 4.78 is 28.0. The molecule has 0 spiro atoms. The van der Waals surface area contributed by atoms with Gasteiger partial charge in [0.25, 0.3) is 15.9 Å². The predicted molar refractivity (Wildman–Crippen MR) is 130 cm³/mol. The van der Waals surface area contributed by atoms with Crippen molar-refractivity contribution in [2.45, 2.75) is 30.7 Å². The molecule has 2 aliphatic heterocycles. The highest BCUT2D eigenvalue weighted by atomic mass is 32.2. The molecule has 174 valence electrons. The van der Waals surface area contributed by atoms with Crippen molar-refractivity contribution < 1.29 is 18.0 Å². The molecule has 2 aliphatic rings. The number of nitrogens with one attached hydrogen (secondary N) is 1. The predicted octanol–water partition coefficient (Wildman–Crippen LogP) is 3.49. The number of sulfonamides is 1. The first-order valence-corrected chi connectivity index (χ1v) is 12.8. The maximum absolute atomic E-state index is 13.3. The number of fused-ring (bicyclic) bond motifs is 1. The summed E-state index contributed by atoms with van der Waals surface area (Å²) in [5.74, 6) is -0.249. The molecule has 2 amide bonds. The minimum atomic E-state index is -3.78. The van der Waals surface area contributed by atoms with Gasteiger partial charge in [-0.05, 0) is 60.4 Å². The molecular weight excluding hydrogens is 450 g/mol. The molecule has 34 heavy (non-hydrogen) atoms. The lowest BCUT2D eigenvalue weighted by molar-refractivity contribution is -0.117. The summed E-state index contributed by atoms with van der Waals surface area (Å²) in [6, 6.07) is 21.1. The van der Waals surface area contributed by atoms with Crippen LogP contribution in [0.4, 0.5) is 11.4 Å². The van der Waals surface area contributed by atoms with Gasteiger partial charge >= 0.3 is 0 Å². The highest BCUT2D eigenvalue weighted by Crippen LogP contribution is 2.32. The van der Waals surface area contributed by atoms with Crippen molar-refractivity contribution in [3.8, 4) is 0 Å². The first-order valence-electron chi connectivity index (χ1n) is 11.3. The molecule has 3 aromatic carbocycles. The van der Waals surface area contributed by atoms with Gasteiger partial charge in [-0.25, -0.2) is 8.42 Å². The molecule has 0 aromatic heterocycles. The van der Waals surface area contributed by atoms with Crippen molar-refractivity contribution in [3.05, 3.63) is 89.5 Å². The van der Waals surface area contributed by atoms with Gasteiger partial charge in [-0.15, -0.1) is 0 Å². The van der Waals surface area contributed by atoms with E-state index in [0.29, 0.717) is 31.6 Å². The van der Waals surface area contributed by atoms with Crippen LogP contribution >= 0.6 is 0 Å². The number of anilines is 2. The topological polar surface area (TPSA) is 86.8 Å². The van der Waals surface area contributed by atoms with Crippen LogP contribution in [0.1, 0.15) is 34.3 Å². The van der Waals surface area contributed by atoms with E-state index in [9.17, 15) is 18.0 Å². The monoisotopic (exact) mass is 475 g/mol. The molecule has 5 rings (SSSR count). The van der Waals surface area contributed by atoms with Gasteiger partial charge in [0.15, 0.2) is 0 Å². The van der Waals surface area contributed by atoms with Crippen LogP contribution in [0, 0.1) is 0 Å². The molecular formula is C26H25N3O4S. The molecule has 7 nitrogen and oxygen atoms in total. The summed E-state index contributed by atoms with van der Waals surface area (Å²) in [6.45, 7) is 1.36. The normalized spacial score (nSPS) is 15.5. The van der Waals surface area contributed by atoms with Crippen molar-refractivity contribution in [2.24, 2.45) is 0 Å². The minimum Gasteiger partial charge on any atom is -0.348 e. The molecule has 3 aromatic rings. The molecule has 0 radical (unpaired) electrons. The van der Waals surface area contributed by atoms with Gasteiger partial charge < -0.3 is 10.2 Å². The van der Waals surface area contributed by atoms with Crippen LogP contribution in [-0.4, -0.2) is 33.3 Å². The van der Waals surface area contributed by atoms with Gasteiger partial charge in [0.05, 0.1) is 10.6 Å². The van der Waals surface area contributed by atoms with Crippen LogP contribution in [0.25, 0.3) is 0 Å². The number of benzene rings is 3. The molecule has 0 bridgehead atoms. The van der Waals surface area contributed by atoms with E-state index in [0.717, 1.165) is 23.2 Å². The smallest absolute Gasteiger partial charge is 0.264 e. The van der Waals surface area contributed by atoms with Gasteiger partial charge in [0.2, 0.25) is 5.91 Å². The Morgan fingerprint density at radius 1 is 0.912 bits per heavy atom. The molecule has 0 saturated carbocycles. The zero-order valence-electron chi connectivity index (χ0n) is 18.6. The van der Waals surface area contributed by atoms with Crippen molar-refractivity contribution >= 4 is 33.2 Å². The summed E-state index contributed by atoms with van der Waals surface area (Å²) in [7, 11) is -3.78. The average Bonchev–Trinajstić information content (AvgIpc) is 3.49. The molecule has 0 aliphatic carbocycles. The Morgan fingerprint density at radius 3 is 2.56 bits per heavy atom. The van der Waals surface area contributed by atoms with Crippen LogP contribution in [0.3, 0.4) is 0 Å². The fourth-order valence-corrected chi connectivity index (χ4v) is 6.07. The van der Waals surface area contributed by atoms with Crippen LogP contribution in [-0.2, 0) is 27.8 Å². The van der Waals surface area contributed by atoms with E-state index in [4.69, 9.17) is 0 Å². The summed E-state index contributed by atoms with van der Waals surface area (Å²) >= 11 is 0. The Bertz CT molecular complexity index is 1370. The Labute approximate surface area is 199 Å². The molecule has 2 heterocycles. The highest BCUT2D eigenvalue weighted by Gasteiger charge is 2.31. The second kappa shape index (κ2) is 8.95. The van der Waals surface area contributed by atoms with Gasteiger partial charge in [-0.3, -0.25) is 13.9 Å². The summed E-state index contributed by atoms with van der Waals surface area (Å²) in [6.07, 6.45) is 2.07. The Hall–Kier alpha value is -3.65. The largest absolute Gasteiger partial charge is 0.348 e. The molecule has 1 saturated heterocycles. The number of hydrogen-bond acceptors (Lipinski definition) is 4. The van der Waals surface area contributed by atoms with Crippen LogP contribution in [0.15, 0.2) is 77.7 Å². The van der Waals surface area contributed by atoms with E-state index in [1.807, 2.05) is 42.5 Å². The highest BCUT2D eigenvalue weighted by molar-refractivity contribution is 7.92. The first-order chi connectivity index (χ1) is 16.4. The van der Waals surface area contributed by atoms with Gasteiger partial charge in [-0.1, -0.05) is 36.4 Å². The number of nitrogens with zero attached hydrogens (tertiary/aromatic N) is 2. The van der Waals surface area contributed by atoms with Crippen molar-refractivity contribution in [3.63, 3.8) is 0 Å². The molecule has 1 N–H and O–H groups in total. The lowest BCUT2D eigenvalue weighted by Gasteiger charge is -2.20. The SMILES string of the molecule is O=C(NCc1cccc(N2CCCC2=O)c1)c1cccc(S(=O)(=O)N2CCc3ccccc32)c1. The van der Waals surface area contributed by atoms with Crippen LogP contribution < -0.4 is 14.5 Å². The third kappa shape index (κ3) is 4.17. The fourth-order valence-electron chi connectivity index (χ4n) is 4.52. The van der Waals surface area contributed by atoms with Crippen molar-refractivity contribution in [1.82, 2.24) is 5.32 Å². The van der Waals surface area contributed by atoms with Gasteiger partial charge in [-0.2, -0.15) is 0 Å². The molecule has 0 atom stereocenters. The lowest BCUT2D eigenvalue weighted by atomic mass is 10.1. The number of para-hydroxylation sites is 1. The van der Waals surface area contributed by atoms with E-state index in [1.54, 1.807) is 23.1 Å². The van der Waals surface area contributed by atoms with E-state index in [1.165, 1.54) is 16.4 Å². The van der Waals surface area contributed by atoms with E-state index in [-0.39, 0.29) is 28.8 Å². The third-order valence-electron chi connectivity index (χ3n) is 6.28. The summed E-state index contributed by atoms with van der Waals surface area (Å²) in [5.41, 5.74) is 3.65. The number of carbonyl (C=O) groups excluding carboxylic acids is 2. The Kier molecular flexibility index (Phi) is 5.83. The van der Waals surface area contributed by atoms with E-state index in [2.05, 4.69) is 5.32 Å². The standard InChI is InChI=1S/C26H25N3O4S/c30-25-12-5-14-28(25)22-9-3-6-19(16-22)18-27-26(31)21-8-4-10-23(17-21)34(32,33)29-15-13-20-7-1-2-11-24(20)29/h1-4,6-11,16-17H,5,12-15,18H2,(H,27,31). The lowest BCUT2D eigenvalue weighted by Crippen LogP contribution is -2.29. The summed E-state index contributed by atoms with van der Waals surface area (Å²) in [5, 5.41) is 2.86. The van der Waals surface area contributed by atoms with Gasteiger partial charge in [0, 0.05) is 37.3 Å². The molecule has 8 heteroatoms. The van der Waals surface area contributed by atoms with Crippen molar-refractivity contribution in [2.75, 3.05) is 22.3 Å². The second-order valence-electron chi connectivity index (χ2n) is 8.49. The van der Waals surface area contributed by atoms with Crippen LogP contribution in [0.5, 0.6) is 0 Å². The fraction of sp³-hybridized carbons (Fsp3) is 0.231. The van der Waals surface area contributed by atoms with Gasteiger partial charge in [0.1, 0.15) is 0 Å². The Balaban J connectivity index is 1.30.